The van der Waals surface area contributed by atoms with Crippen LogP contribution in [0, 0.1) is 11.6 Å². The van der Waals surface area contributed by atoms with E-state index in [1.165, 1.54) is 24.3 Å². The Morgan fingerprint density at radius 1 is 0.536 bits per heavy atom. The zero-order chi connectivity index (χ0) is 19.4. The zero-order valence-electron chi connectivity index (χ0n) is 15.3. The van der Waals surface area contributed by atoms with Crippen LogP contribution in [0.15, 0.2) is 60.7 Å². The highest BCUT2D eigenvalue weighted by Gasteiger charge is 2.19. The highest BCUT2D eigenvalue weighted by molar-refractivity contribution is 6.30. The SMILES string of the molecule is COc1c(OC)c2ccc3cc(F)ccc3c2c2c1ccc1cc(F)ccc12. The summed E-state index contributed by atoms with van der Waals surface area (Å²) in [5.41, 5.74) is 0. The summed E-state index contributed by atoms with van der Waals surface area (Å²) in [4.78, 5) is 0. The van der Waals surface area contributed by atoms with E-state index < -0.39 is 0 Å². The number of hydrogen-bond acceptors (Lipinski definition) is 2. The van der Waals surface area contributed by atoms with E-state index in [4.69, 9.17) is 9.47 Å². The quantitative estimate of drug-likeness (QED) is 0.324. The zero-order valence-corrected chi connectivity index (χ0v) is 15.3. The van der Waals surface area contributed by atoms with E-state index in [-0.39, 0.29) is 11.6 Å². The Kier molecular flexibility index (Phi) is 3.63. The predicted octanol–water partition coefficient (Wildman–Crippen LogP) is 6.59. The maximum Gasteiger partial charge on any atom is 0.169 e. The van der Waals surface area contributed by atoms with Crippen molar-refractivity contribution >= 4 is 43.1 Å². The third-order valence-electron chi connectivity index (χ3n) is 5.32. The van der Waals surface area contributed by atoms with Crippen molar-refractivity contribution in [2.24, 2.45) is 0 Å². The van der Waals surface area contributed by atoms with Crippen LogP contribution < -0.4 is 9.47 Å². The van der Waals surface area contributed by atoms with Gasteiger partial charge < -0.3 is 9.47 Å². The Morgan fingerprint density at radius 3 is 1.32 bits per heavy atom. The maximum absolute atomic E-state index is 13.8. The summed E-state index contributed by atoms with van der Waals surface area (Å²) in [6.07, 6.45) is 0. The lowest BCUT2D eigenvalue weighted by molar-refractivity contribution is 0.362. The molecule has 0 aliphatic heterocycles. The standard InChI is InChI=1S/C24H16F2O2/c1-27-23-19-7-3-13-11-15(25)5-9-17(13)21(19)22-18-10-6-16(26)12-14(18)4-8-20(22)24(23)28-2/h3-12H,1-2H3. The Bertz CT molecular complexity index is 1300. The van der Waals surface area contributed by atoms with Gasteiger partial charge in [-0.15, -0.1) is 0 Å². The molecule has 4 heteroatoms. The van der Waals surface area contributed by atoms with Gasteiger partial charge in [-0.1, -0.05) is 24.3 Å². The van der Waals surface area contributed by atoms with Crippen LogP contribution in [-0.2, 0) is 0 Å². The van der Waals surface area contributed by atoms with Gasteiger partial charge in [0.25, 0.3) is 0 Å². The summed E-state index contributed by atoms with van der Waals surface area (Å²) in [6.45, 7) is 0. The molecule has 0 bridgehead atoms. The van der Waals surface area contributed by atoms with E-state index in [1.54, 1.807) is 26.4 Å². The molecule has 0 aliphatic carbocycles. The predicted molar refractivity (Wildman–Crippen MR) is 109 cm³/mol. The molecule has 138 valence electrons. The van der Waals surface area contributed by atoms with Crippen LogP contribution in [0.1, 0.15) is 0 Å². The molecule has 0 unspecified atom stereocenters. The fourth-order valence-electron chi connectivity index (χ4n) is 4.17. The summed E-state index contributed by atoms with van der Waals surface area (Å²) in [5.74, 6) is 0.669. The Labute approximate surface area is 159 Å². The lowest BCUT2D eigenvalue weighted by atomic mass is 9.91. The van der Waals surface area contributed by atoms with Crippen LogP contribution in [-0.4, -0.2) is 14.2 Å². The fraction of sp³-hybridized carbons (Fsp3) is 0.0833. The monoisotopic (exact) mass is 374 g/mol. The number of methoxy groups -OCH3 is 2. The second kappa shape index (κ2) is 6.06. The Balaban J connectivity index is 2.16. The van der Waals surface area contributed by atoms with Crippen molar-refractivity contribution in [1.82, 2.24) is 0 Å². The van der Waals surface area contributed by atoms with Gasteiger partial charge in [0.2, 0.25) is 0 Å². The molecule has 5 aromatic rings. The largest absolute Gasteiger partial charge is 0.492 e. The Morgan fingerprint density at radius 2 is 0.929 bits per heavy atom. The van der Waals surface area contributed by atoms with Crippen molar-refractivity contribution < 1.29 is 18.3 Å². The number of fused-ring (bicyclic) bond motifs is 7. The normalized spacial score (nSPS) is 11.6. The van der Waals surface area contributed by atoms with E-state index in [0.29, 0.717) is 11.5 Å². The first-order valence-corrected chi connectivity index (χ1v) is 8.90. The number of ether oxygens (including phenoxy) is 2. The molecule has 0 radical (unpaired) electrons. The van der Waals surface area contributed by atoms with Gasteiger partial charge in [-0.25, -0.2) is 8.78 Å². The maximum atomic E-state index is 13.8. The van der Waals surface area contributed by atoms with Crippen LogP contribution in [0.5, 0.6) is 11.5 Å². The lowest BCUT2D eigenvalue weighted by Gasteiger charge is -2.18. The van der Waals surface area contributed by atoms with Gasteiger partial charge in [0, 0.05) is 21.5 Å². The number of hydrogen-bond donors (Lipinski definition) is 0. The first-order valence-electron chi connectivity index (χ1n) is 8.90. The third kappa shape index (κ3) is 2.24. The van der Waals surface area contributed by atoms with Crippen molar-refractivity contribution in [2.45, 2.75) is 0 Å². The molecule has 5 aromatic carbocycles. The van der Waals surface area contributed by atoms with E-state index in [1.807, 2.05) is 24.3 Å². The van der Waals surface area contributed by atoms with Crippen LogP contribution in [0.4, 0.5) is 8.78 Å². The van der Waals surface area contributed by atoms with Crippen LogP contribution in [0.25, 0.3) is 43.1 Å². The summed E-state index contributed by atoms with van der Waals surface area (Å²) in [5, 5.41) is 6.99. The second-order valence-corrected chi connectivity index (χ2v) is 6.77. The number of rotatable bonds is 2. The van der Waals surface area contributed by atoms with Crippen molar-refractivity contribution in [2.75, 3.05) is 14.2 Å². The van der Waals surface area contributed by atoms with Gasteiger partial charge in [0.05, 0.1) is 14.2 Å². The van der Waals surface area contributed by atoms with Gasteiger partial charge in [-0.2, -0.15) is 0 Å². The molecular weight excluding hydrogens is 358 g/mol. The Hall–Kier alpha value is -3.40. The summed E-state index contributed by atoms with van der Waals surface area (Å²) in [6, 6.07) is 17.1. The van der Waals surface area contributed by atoms with Crippen LogP contribution >= 0.6 is 0 Å². The van der Waals surface area contributed by atoms with Crippen molar-refractivity contribution in [3.63, 3.8) is 0 Å². The smallest absolute Gasteiger partial charge is 0.169 e. The van der Waals surface area contributed by atoms with Gasteiger partial charge >= 0.3 is 0 Å². The lowest BCUT2D eigenvalue weighted by Crippen LogP contribution is -1.95. The molecule has 0 atom stereocenters. The van der Waals surface area contributed by atoms with E-state index >= 15 is 0 Å². The number of benzene rings is 5. The molecule has 0 aliphatic rings. The molecule has 0 saturated carbocycles. The first-order chi connectivity index (χ1) is 13.6. The van der Waals surface area contributed by atoms with Crippen molar-refractivity contribution in [3.8, 4) is 11.5 Å². The molecule has 0 saturated heterocycles. The third-order valence-corrected chi connectivity index (χ3v) is 5.32. The molecule has 5 rings (SSSR count). The highest BCUT2D eigenvalue weighted by Crippen LogP contribution is 2.47. The first kappa shape index (κ1) is 16.8. The van der Waals surface area contributed by atoms with Gasteiger partial charge in [-0.3, -0.25) is 0 Å². The highest BCUT2D eigenvalue weighted by atomic mass is 19.1. The van der Waals surface area contributed by atoms with Crippen LogP contribution in [0.2, 0.25) is 0 Å². The van der Waals surface area contributed by atoms with Gasteiger partial charge in [-0.05, 0) is 57.9 Å². The van der Waals surface area contributed by atoms with E-state index in [2.05, 4.69) is 0 Å². The molecule has 28 heavy (non-hydrogen) atoms. The van der Waals surface area contributed by atoms with E-state index in [9.17, 15) is 8.78 Å². The van der Waals surface area contributed by atoms with E-state index in [0.717, 1.165) is 43.1 Å². The molecule has 0 N–H and O–H groups in total. The number of halogens is 2. The molecular formula is C24H16F2O2. The summed E-state index contributed by atoms with van der Waals surface area (Å²) < 4.78 is 39.1. The van der Waals surface area contributed by atoms with Crippen LogP contribution in [0.3, 0.4) is 0 Å². The minimum Gasteiger partial charge on any atom is -0.492 e. The minimum absolute atomic E-state index is 0.288. The molecule has 0 aromatic heterocycles. The average Bonchev–Trinajstić information content (AvgIpc) is 2.71. The van der Waals surface area contributed by atoms with Gasteiger partial charge in [0.15, 0.2) is 11.5 Å². The second-order valence-electron chi connectivity index (χ2n) is 6.77. The molecule has 2 nitrogen and oxygen atoms in total. The minimum atomic E-state index is -0.288. The molecule has 0 spiro atoms. The summed E-state index contributed by atoms with van der Waals surface area (Å²) >= 11 is 0. The molecule has 0 amide bonds. The fourth-order valence-corrected chi connectivity index (χ4v) is 4.17. The molecule has 0 fully saturated rings. The average molecular weight is 374 g/mol. The van der Waals surface area contributed by atoms with Crippen molar-refractivity contribution in [1.29, 1.82) is 0 Å². The summed E-state index contributed by atoms with van der Waals surface area (Å²) in [7, 11) is 3.21. The van der Waals surface area contributed by atoms with Gasteiger partial charge in [0.1, 0.15) is 11.6 Å². The molecule has 0 heterocycles. The topological polar surface area (TPSA) is 18.5 Å². The van der Waals surface area contributed by atoms with Crippen molar-refractivity contribution in [3.05, 3.63) is 72.3 Å².